The average molecular weight is 144 g/mol. The smallest absolute Gasteiger partial charge is 0.184 e. The molecular weight excluding hydrogens is 132 g/mol. The minimum atomic E-state index is -0.651. The standard InChI is InChI=1S/C7H12O3/c1-2-3-4-5-6(10-5)7(8)9-4/h4-8H,2-3H2,1H3/t4-,5-,6-,7?/m1/s1. The second kappa shape index (κ2) is 2.19. The van der Waals surface area contributed by atoms with E-state index in [0.717, 1.165) is 12.8 Å². The van der Waals surface area contributed by atoms with Crippen LogP contribution in [0.1, 0.15) is 19.8 Å². The van der Waals surface area contributed by atoms with Gasteiger partial charge in [-0.2, -0.15) is 0 Å². The quantitative estimate of drug-likeness (QED) is 0.566. The van der Waals surface area contributed by atoms with Crippen LogP contribution in [0.15, 0.2) is 0 Å². The van der Waals surface area contributed by atoms with Crippen molar-refractivity contribution in [1.29, 1.82) is 0 Å². The Balaban J connectivity index is 1.89. The fourth-order valence-corrected chi connectivity index (χ4v) is 1.52. The van der Waals surface area contributed by atoms with Gasteiger partial charge in [0.2, 0.25) is 0 Å². The van der Waals surface area contributed by atoms with Gasteiger partial charge in [-0.25, -0.2) is 0 Å². The third-order valence-electron chi connectivity index (χ3n) is 2.10. The minimum Gasteiger partial charge on any atom is -0.366 e. The Kier molecular flexibility index (Phi) is 1.44. The van der Waals surface area contributed by atoms with Crippen LogP contribution in [0.5, 0.6) is 0 Å². The van der Waals surface area contributed by atoms with Gasteiger partial charge in [-0.3, -0.25) is 0 Å². The van der Waals surface area contributed by atoms with Crippen molar-refractivity contribution in [1.82, 2.24) is 0 Å². The fraction of sp³-hybridized carbons (Fsp3) is 1.00. The van der Waals surface area contributed by atoms with Crippen LogP contribution in [0.4, 0.5) is 0 Å². The highest BCUT2D eigenvalue weighted by Gasteiger charge is 2.57. The first kappa shape index (κ1) is 6.58. The second-order valence-electron chi connectivity index (χ2n) is 2.92. The zero-order valence-electron chi connectivity index (χ0n) is 5.99. The Hall–Kier alpha value is -0.120. The number of ether oxygens (including phenoxy) is 2. The molecule has 2 aliphatic heterocycles. The molecule has 0 radical (unpaired) electrons. The number of hydrogen-bond donors (Lipinski definition) is 1. The van der Waals surface area contributed by atoms with Crippen molar-refractivity contribution in [3.63, 3.8) is 0 Å². The fourth-order valence-electron chi connectivity index (χ4n) is 1.52. The maximum Gasteiger partial charge on any atom is 0.184 e. The Labute approximate surface area is 59.9 Å². The summed E-state index contributed by atoms with van der Waals surface area (Å²) in [5.74, 6) is 0. The van der Waals surface area contributed by atoms with Crippen molar-refractivity contribution in [3.8, 4) is 0 Å². The lowest BCUT2D eigenvalue weighted by atomic mass is 10.1. The molecule has 2 fully saturated rings. The summed E-state index contributed by atoms with van der Waals surface area (Å²) >= 11 is 0. The topological polar surface area (TPSA) is 42.0 Å². The van der Waals surface area contributed by atoms with Gasteiger partial charge < -0.3 is 14.6 Å². The molecule has 2 rings (SSSR count). The molecule has 58 valence electrons. The van der Waals surface area contributed by atoms with E-state index in [1.807, 2.05) is 0 Å². The number of hydrogen-bond acceptors (Lipinski definition) is 3. The number of epoxide rings is 1. The van der Waals surface area contributed by atoms with Crippen LogP contribution in [0, 0.1) is 0 Å². The maximum absolute atomic E-state index is 9.09. The van der Waals surface area contributed by atoms with E-state index in [-0.39, 0.29) is 18.3 Å². The van der Waals surface area contributed by atoms with Crippen molar-refractivity contribution < 1.29 is 14.6 Å². The molecule has 0 amide bonds. The lowest BCUT2D eigenvalue weighted by Crippen LogP contribution is -2.18. The van der Waals surface area contributed by atoms with Crippen molar-refractivity contribution in [2.75, 3.05) is 0 Å². The number of fused-ring (bicyclic) bond motifs is 1. The predicted octanol–water partition coefficient (Wildman–Crippen LogP) is 0.271. The van der Waals surface area contributed by atoms with Gasteiger partial charge >= 0.3 is 0 Å². The highest BCUT2D eigenvalue weighted by Crippen LogP contribution is 2.39. The third kappa shape index (κ3) is 0.856. The van der Waals surface area contributed by atoms with Gasteiger partial charge in [-0.05, 0) is 6.42 Å². The summed E-state index contributed by atoms with van der Waals surface area (Å²) in [5.41, 5.74) is 0. The summed E-state index contributed by atoms with van der Waals surface area (Å²) in [4.78, 5) is 0. The summed E-state index contributed by atoms with van der Waals surface area (Å²) in [6.45, 7) is 2.10. The van der Waals surface area contributed by atoms with Gasteiger partial charge in [0.1, 0.15) is 12.2 Å². The first-order valence-corrected chi connectivity index (χ1v) is 3.82. The lowest BCUT2D eigenvalue weighted by molar-refractivity contribution is -0.141. The molecule has 4 atom stereocenters. The zero-order valence-corrected chi connectivity index (χ0v) is 5.99. The van der Waals surface area contributed by atoms with Crippen LogP contribution in [0.25, 0.3) is 0 Å². The molecule has 10 heavy (non-hydrogen) atoms. The second-order valence-corrected chi connectivity index (χ2v) is 2.92. The van der Waals surface area contributed by atoms with Gasteiger partial charge in [-0.15, -0.1) is 0 Å². The molecule has 0 aromatic rings. The van der Waals surface area contributed by atoms with Gasteiger partial charge in [0.05, 0.1) is 6.10 Å². The average Bonchev–Trinajstić information content (AvgIpc) is 2.59. The van der Waals surface area contributed by atoms with Crippen LogP contribution >= 0.6 is 0 Å². The van der Waals surface area contributed by atoms with E-state index in [1.54, 1.807) is 0 Å². The molecule has 3 heteroatoms. The molecule has 2 heterocycles. The van der Waals surface area contributed by atoms with Gasteiger partial charge in [0.15, 0.2) is 6.29 Å². The monoisotopic (exact) mass is 144 g/mol. The third-order valence-corrected chi connectivity index (χ3v) is 2.10. The molecule has 3 nitrogen and oxygen atoms in total. The Morgan fingerprint density at radius 1 is 1.30 bits per heavy atom. The predicted molar refractivity (Wildman–Crippen MR) is 34.4 cm³/mol. The molecule has 1 N–H and O–H groups in total. The molecule has 2 aliphatic rings. The van der Waals surface area contributed by atoms with E-state index in [4.69, 9.17) is 14.6 Å². The molecule has 0 bridgehead atoms. The Morgan fingerprint density at radius 3 is 2.50 bits per heavy atom. The van der Waals surface area contributed by atoms with Crippen LogP contribution in [-0.4, -0.2) is 29.7 Å². The number of rotatable bonds is 2. The van der Waals surface area contributed by atoms with Crippen LogP contribution in [0.2, 0.25) is 0 Å². The maximum atomic E-state index is 9.09. The van der Waals surface area contributed by atoms with Crippen LogP contribution < -0.4 is 0 Å². The summed E-state index contributed by atoms with van der Waals surface area (Å²) in [6, 6.07) is 0. The van der Waals surface area contributed by atoms with Crippen molar-refractivity contribution in [3.05, 3.63) is 0 Å². The van der Waals surface area contributed by atoms with Gasteiger partial charge in [0.25, 0.3) is 0 Å². The Bertz CT molecular complexity index is 137. The SMILES string of the molecule is CCC[C@H]1OC(O)[C@@H]2O[C@H]12. The molecular formula is C7H12O3. The van der Waals surface area contributed by atoms with Gasteiger partial charge in [-0.1, -0.05) is 13.3 Å². The number of aliphatic hydroxyl groups excluding tert-OH is 1. The molecule has 0 saturated carbocycles. The summed E-state index contributed by atoms with van der Waals surface area (Å²) in [5, 5.41) is 9.09. The molecule has 0 aliphatic carbocycles. The number of aliphatic hydroxyl groups is 1. The molecule has 2 saturated heterocycles. The first-order valence-electron chi connectivity index (χ1n) is 3.82. The molecule has 1 unspecified atom stereocenters. The molecule has 0 aromatic carbocycles. The normalized spacial score (nSPS) is 51.0. The van der Waals surface area contributed by atoms with Crippen LogP contribution in [0.3, 0.4) is 0 Å². The van der Waals surface area contributed by atoms with E-state index in [2.05, 4.69) is 6.92 Å². The Morgan fingerprint density at radius 2 is 2.10 bits per heavy atom. The molecule has 0 aromatic heterocycles. The highest BCUT2D eigenvalue weighted by molar-refractivity contribution is 4.99. The molecule has 0 spiro atoms. The summed E-state index contributed by atoms with van der Waals surface area (Å²) in [6.07, 6.45) is 1.79. The van der Waals surface area contributed by atoms with Crippen molar-refractivity contribution in [2.45, 2.75) is 44.4 Å². The van der Waals surface area contributed by atoms with Gasteiger partial charge in [0, 0.05) is 0 Å². The van der Waals surface area contributed by atoms with Crippen molar-refractivity contribution in [2.24, 2.45) is 0 Å². The van der Waals surface area contributed by atoms with Crippen LogP contribution in [-0.2, 0) is 9.47 Å². The minimum absolute atomic E-state index is 0.00319. The van der Waals surface area contributed by atoms with E-state index < -0.39 is 6.29 Å². The van der Waals surface area contributed by atoms with E-state index in [0.29, 0.717) is 0 Å². The summed E-state index contributed by atoms with van der Waals surface area (Å²) < 4.78 is 10.3. The summed E-state index contributed by atoms with van der Waals surface area (Å²) in [7, 11) is 0. The first-order chi connectivity index (χ1) is 4.83. The largest absolute Gasteiger partial charge is 0.366 e. The zero-order chi connectivity index (χ0) is 7.14. The lowest BCUT2D eigenvalue weighted by Gasteiger charge is -2.11. The van der Waals surface area contributed by atoms with E-state index in [9.17, 15) is 0 Å². The van der Waals surface area contributed by atoms with Crippen molar-refractivity contribution >= 4 is 0 Å². The van der Waals surface area contributed by atoms with E-state index >= 15 is 0 Å². The van der Waals surface area contributed by atoms with E-state index in [1.165, 1.54) is 0 Å². The highest BCUT2D eigenvalue weighted by atomic mass is 16.7.